The molecule has 1 aliphatic rings. The minimum absolute atomic E-state index is 0.0177. The van der Waals surface area contributed by atoms with Gasteiger partial charge in [0.1, 0.15) is 12.4 Å². The number of benzene rings is 1. The highest BCUT2D eigenvalue weighted by molar-refractivity contribution is 5.82. The van der Waals surface area contributed by atoms with E-state index in [-0.39, 0.29) is 35.4 Å². The second-order valence-electron chi connectivity index (χ2n) is 5.04. The van der Waals surface area contributed by atoms with Crippen molar-refractivity contribution in [3.05, 3.63) is 36.1 Å². The van der Waals surface area contributed by atoms with E-state index in [1.807, 2.05) is 0 Å². The maximum Gasteiger partial charge on any atom is 0.514 e. The van der Waals surface area contributed by atoms with Crippen molar-refractivity contribution in [2.24, 2.45) is 0 Å². The van der Waals surface area contributed by atoms with E-state index in [2.05, 4.69) is 0 Å². The van der Waals surface area contributed by atoms with Gasteiger partial charge in [0.15, 0.2) is 6.23 Å². The van der Waals surface area contributed by atoms with E-state index >= 15 is 0 Å². The quantitative estimate of drug-likeness (QED) is 0.266. The number of rotatable bonds is 6. The molecule has 2 rings (SSSR count). The maximum atomic E-state index is 11.5. The van der Waals surface area contributed by atoms with Gasteiger partial charge in [0.05, 0.1) is 17.9 Å². The summed E-state index contributed by atoms with van der Waals surface area (Å²) in [5.41, 5.74) is 0.117. The van der Waals surface area contributed by atoms with Crippen molar-refractivity contribution in [1.82, 2.24) is 4.90 Å². The predicted octanol–water partition coefficient (Wildman–Crippen LogP) is 1.90. The fourth-order valence-electron chi connectivity index (χ4n) is 1.86. The number of ether oxygens (including phenoxy) is 3. The van der Waals surface area contributed by atoms with Crippen LogP contribution in [-0.2, 0) is 14.3 Å². The standard InChI is InChI=1S/C15H18N2O7/c1-10(23-14-9-13(18)16(14)2)7-8-22-15(19)24-12-5-3-11(4-6-12)17(20)21/h3-7,14,20-21H,8-9H2,1-2H3/b10-7-. The molecule has 2 N–H and O–H groups in total. The summed E-state index contributed by atoms with van der Waals surface area (Å²) in [4.78, 5) is 24.1. The second kappa shape index (κ2) is 7.66. The van der Waals surface area contributed by atoms with Gasteiger partial charge in [0.25, 0.3) is 0 Å². The topological polar surface area (TPSA) is 109 Å². The monoisotopic (exact) mass is 338 g/mol. The molecule has 1 aromatic rings. The van der Waals surface area contributed by atoms with E-state index < -0.39 is 6.16 Å². The van der Waals surface area contributed by atoms with E-state index in [9.17, 15) is 9.59 Å². The van der Waals surface area contributed by atoms with Gasteiger partial charge >= 0.3 is 6.16 Å². The number of amides is 1. The lowest BCUT2D eigenvalue weighted by Gasteiger charge is -2.37. The first-order chi connectivity index (χ1) is 11.4. The number of β-lactam (4-membered cyclic amide) rings is 1. The number of carbonyl (C=O) groups excluding carboxylic acids is 2. The smallest absolute Gasteiger partial charge is 0.475 e. The van der Waals surface area contributed by atoms with Crippen LogP contribution in [0.15, 0.2) is 36.1 Å². The number of allylic oxidation sites excluding steroid dienone is 1. The Hall–Kier alpha value is -2.78. The minimum atomic E-state index is -0.910. The van der Waals surface area contributed by atoms with Crippen LogP contribution in [0.4, 0.5) is 10.5 Å². The lowest BCUT2D eigenvalue weighted by atomic mass is 10.2. The van der Waals surface area contributed by atoms with Gasteiger partial charge in [-0.15, -0.1) is 5.23 Å². The average molecular weight is 338 g/mol. The zero-order valence-corrected chi connectivity index (χ0v) is 13.2. The van der Waals surface area contributed by atoms with E-state index in [4.69, 9.17) is 24.6 Å². The minimum Gasteiger partial charge on any atom is -0.475 e. The molecule has 1 aliphatic heterocycles. The summed E-state index contributed by atoms with van der Waals surface area (Å²) in [7, 11) is 1.65. The number of hydrogen-bond donors (Lipinski definition) is 2. The number of anilines is 1. The van der Waals surface area contributed by atoms with Gasteiger partial charge < -0.3 is 19.1 Å². The molecule has 9 heteroatoms. The van der Waals surface area contributed by atoms with Gasteiger partial charge in [-0.3, -0.25) is 15.2 Å². The Morgan fingerprint density at radius 2 is 2.04 bits per heavy atom. The highest BCUT2D eigenvalue weighted by atomic mass is 16.8. The molecular weight excluding hydrogens is 320 g/mol. The number of likely N-dealkylation sites (tertiary alicyclic amines) is 1. The summed E-state index contributed by atoms with van der Waals surface area (Å²) in [6, 6.07) is 5.45. The van der Waals surface area contributed by atoms with Crippen LogP contribution in [0.5, 0.6) is 5.75 Å². The average Bonchev–Trinajstić information content (AvgIpc) is 2.54. The van der Waals surface area contributed by atoms with Crippen LogP contribution in [0.3, 0.4) is 0 Å². The Bertz CT molecular complexity index is 627. The van der Waals surface area contributed by atoms with Crippen LogP contribution >= 0.6 is 0 Å². The molecule has 0 saturated carbocycles. The van der Waals surface area contributed by atoms with Gasteiger partial charge in [-0.05, 0) is 37.3 Å². The first-order valence-corrected chi connectivity index (χ1v) is 7.08. The normalized spacial score (nSPS) is 17.2. The zero-order valence-electron chi connectivity index (χ0n) is 13.2. The Balaban J connectivity index is 1.72. The lowest BCUT2D eigenvalue weighted by Crippen LogP contribution is -2.51. The van der Waals surface area contributed by atoms with Crippen LogP contribution in [0.25, 0.3) is 0 Å². The first kappa shape index (κ1) is 17.6. The van der Waals surface area contributed by atoms with Crippen molar-refractivity contribution in [3.63, 3.8) is 0 Å². The molecule has 0 radical (unpaired) electrons. The molecule has 1 saturated heterocycles. The van der Waals surface area contributed by atoms with Gasteiger partial charge in [-0.25, -0.2) is 4.79 Å². The molecule has 0 aliphatic carbocycles. The molecule has 1 fully saturated rings. The summed E-state index contributed by atoms with van der Waals surface area (Å²) in [5.74, 6) is 0.740. The van der Waals surface area contributed by atoms with E-state index in [0.29, 0.717) is 12.2 Å². The van der Waals surface area contributed by atoms with Gasteiger partial charge in [-0.1, -0.05) is 0 Å². The third kappa shape index (κ3) is 4.61. The molecular formula is C15H18N2O7. The third-order valence-electron chi connectivity index (χ3n) is 3.34. The van der Waals surface area contributed by atoms with Crippen LogP contribution in [0.2, 0.25) is 0 Å². The second-order valence-corrected chi connectivity index (χ2v) is 5.04. The highest BCUT2D eigenvalue weighted by Gasteiger charge is 2.34. The fraction of sp³-hybridized carbons (Fsp3) is 0.333. The molecule has 0 spiro atoms. The van der Waals surface area contributed by atoms with Crippen LogP contribution in [0.1, 0.15) is 13.3 Å². The van der Waals surface area contributed by atoms with Crippen molar-refractivity contribution in [2.45, 2.75) is 19.6 Å². The van der Waals surface area contributed by atoms with Gasteiger partial charge in [-0.2, -0.15) is 0 Å². The van der Waals surface area contributed by atoms with Gasteiger partial charge in [0, 0.05) is 7.05 Å². The van der Waals surface area contributed by atoms with Crippen molar-refractivity contribution in [3.8, 4) is 5.75 Å². The Labute approximate surface area is 138 Å². The molecule has 1 atom stereocenters. The molecule has 1 unspecified atom stereocenters. The van der Waals surface area contributed by atoms with Crippen LogP contribution in [-0.4, -0.2) is 47.3 Å². The Morgan fingerprint density at radius 3 is 2.58 bits per heavy atom. The maximum absolute atomic E-state index is 11.5. The Kier molecular flexibility index (Phi) is 5.61. The molecule has 1 amide bonds. The van der Waals surface area contributed by atoms with Gasteiger partial charge in [0.2, 0.25) is 5.91 Å². The number of nitrogens with zero attached hydrogens (tertiary/aromatic N) is 2. The first-order valence-electron chi connectivity index (χ1n) is 7.08. The summed E-state index contributed by atoms with van der Waals surface area (Å²) < 4.78 is 15.3. The molecule has 9 nitrogen and oxygen atoms in total. The molecule has 24 heavy (non-hydrogen) atoms. The van der Waals surface area contributed by atoms with E-state index in [1.165, 1.54) is 29.2 Å². The molecule has 0 bridgehead atoms. The summed E-state index contributed by atoms with van der Waals surface area (Å²) in [5, 5.41) is 17.5. The number of carbonyl (C=O) groups is 2. The van der Waals surface area contributed by atoms with E-state index in [0.717, 1.165) is 0 Å². The van der Waals surface area contributed by atoms with E-state index in [1.54, 1.807) is 20.0 Å². The molecule has 0 aromatic heterocycles. The van der Waals surface area contributed by atoms with Crippen molar-refractivity contribution >= 4 is 17.7 Å². The lowest BCUT2D eigenvalue weighted by molar-refractivity contribution is -0.163. The fourth-order valence-corrected chi connectivity index (χ4v) is 1.86. The zero-order chi connectivity index (χ0) is 17.7. The van der Waals surface area contributed by atoms with Crippen LogP contribution < -0.4 is 9.96 Å². The summed E-state index contributed by atoms with van der Waals surface area (Å²) in [6.45, 7) is 1.65. The largest absolute Gasteiger partial charge is 0.514 e. The van der Waals surface area contributed by atoms with Crippen molar-refractivity contribution in [2.75, 3.05) is 18.9 Å². The molecule has 130 valence electrons. The van der Waals surface area contributed by atoms with Crippen LogP contribution in [0, 0.1) is 0 Å². The van der Waals surface area contributed by atoms with Crippen molar-refractivity contribution < 1.29 is 34.2 Å². The molecule has 1 aromatic carbocycles. The SMILES string of the molecule is C/C(=C/COC(=O)Oc1ccc(N(O)O)cc1)OC1CC(=O)N1C. The summed E-state index contributed by atoms with van der Waals surface area (Å²) in [6.07, 6.45) is 0.695. The molecule has 1 heterocycles. The number of hydrogen-bond acceptors (Lipinski definition) is 8. The van der Waals surface area contributed by atoms with Crippen molar-refractivity contribution in [1.29, 1.82) is 0 Å². The predicted molar refractivity (Wildman–Crippen MR) is 80.5 cm³/mol. The third-order valence-corrected chi connectivity index (χ3v) is 3.34. The Morgan fingerprint density at radius 1 is 1.38 bits per heavy atom. The highest BCUT2D eigenvalue weighted by Crippen LogP contribution is 2.20. The summed E-state index contributed by atoms with van der Waals surface area (Å²) >= 11 is 0.